The summed E-state index contributed by atoms with van der Waals surface area (Å²) in [5, 5.41) is 0. The lowest BCUT2D eigenvalue weighted by molar-refractivity contribution is -0.139. The molecule has 1 aliphatic heterocycles. The van der Waals surface area contributed by atoms with E-state index in [1.807, 2.05) is 4.90 Å². The summed E-state index contributed by atoms with van der Waals surface area (Å²) < 4.78 is 0. The number of nitrogens with two attached hydrogens (primary N) is 1. The number of carbonyl (C=O) groups is 1. The fourth-order valence-electron chi connectivity index (χ4n) is 2.53. The fourth-order valence-corrected chi connectivity index (χ4v) is 2.53. The van der Waals surface area contributed by atoms with Gasteiger partial charge in [-0.15, -0.1) is 0 Å². The predicted molar refractivity (Wildman–Crippen MR) is 67.1 cm³/mol. The second-order valence-corrected chi connectivity index (χ2v) is 5.29. The van der Waals surface area contributed by atoms with Gasteiger partial charge in [-0.05, 0) is 39.0 Å². The molecule has 0 bridgehead atoms. The van der Waals surface area contributed by atoms with E-state index in [-0.39, 0.29) is 17.9 Å². The first-order valence-electron chi connectivity index (χ1n) is 6.56. The van der Waals surface area contributed by atoms with Crippen LogP contribution in [0.15, 0.2) is 0 Å². The van der Waals surface area contributed by atoms with E-state index in [0.29, 0.717) is 12.1 Å². The van der Waals surface area contributed by atoms with Crippen molar-refractivity contribution in [2.75, 3.05) is 0 Å². The van der Waals surface area contributed by atoms with Crippen LogP contribution in [-0.2, 0) is 4.79 Å². The second-order valence-electron chi connectivity index (χ2n) is 5.29. The van der Waals surface area contributed by atoms with Crippen LogP contribution in [-0.4, -0.2) is 28.9 Å². The predicted octanol–water partition coefficient (Wildman–Crippen LogP) is 2.15. The summed E-state index contributed by atoms with van der Waals surface area (Å²) in [7, 11) is 0. The van der Waals surface area contributed by atoms with Crippen LogP contribution in [0.1, 0.15) is 53.4 Å². The Morgan fingerprint density at radius 3 is 2.31 bits per heavy atom. The highest BCUT2D eigenvalue weighted by Gasteiger charge is 2.33. The number of rotatable bonds is 3. The van der Waals surface area contributed by atoms with Crippen molar-refractivity contribution in [2.24, 2.45) is 11.7 Å². The summed E-state index contributed by atoms with van der Waals surface area (Å²) in [6.45, 7) is 8.41. The van der Waals surface area contributed by atoms with E-state index in [2.05, 4.69) is 27.7 Å². The van der Waals surface area contributed by atoms with Crippen molar-refractivity contribution in [2.45, 2.75) is 71.5 Å². The van der Waals surface area contributed by atoms with E-state index in [0.717, 1.165) is 19.3 Å². The normalized spacial score (nSPS) is 29.9. The molecule has 94 valence electrons. The minimum atomic E-state index is -0.326. The van der Waals surface area contributed by atoms with Crippen LogP contribution in [0.2, 0.25) is 0 Å². The van der Waals surface area contributed by atoms with E-state index in [1.165, 1.54) is 6.42 Å². The number of hydrogen-bond acceptors (Lipinski definition) is 2. The van der Waals surface area contributed by atoms with Gasteiger partial charge in [0.25, 0.3) is 0 Å². The summed E-state index contributed by atoms with van der Waals surface area (Å²) >= 11 is 0. The third-order valence-electron chi connectivity index (χ3n) is 3.99. The van der Waals surface area contributed by atoms with Crippen molar-refractivity contribution < 1.29 is 4.79 Å². The lowest BCUT2D eigenvalue weighted by atomic mass is 9.93. The Balaban J connectivity index is 2.70. The molecule has 0 aliphatic carbocycles. The van der Waals surface area contributed by atoms with Crippen LogP contribution in [0.25, 0.3) is 0 Å². The zero-order valence-electron chi connectivity index (χ0n) is 11.1. The number of likely N-dealkylation sites (tertiary alicyclic amines) is 1. The van der Waals surface area contributed by atoms with Gasteiger partial charge in [-0.3, -0.25) is 4.79 Å². The van der Waals surface area contributed by atoms with Gasteiger partial charge in [0.2, 0.25) is 5.91 Å². The van der Waals surface area contributed by atoms with Crippen LogP contribution in [0, 0.1) is 5.92 Å². The third-order valence-corrected chi connectivity index (χ3v) is 3.99. The highest BCUT2D eigenvalue weighted by molar-refractivity contribution is 5.82. The molecule has 0 saturated carbocycles. The molecular weight excluding hydrogens is 200 g/mol. The maximum absolute atomic E-state index is 12.3. The molecule has 1 amide bonds. The Hall–Kier alpha value is -0.570. The van der Waals surface area contributed by atoms with Crippen LogP contribution in [0.3, 0.4) is 0 Å². The SMILES string of the molecule is CCC(C)[C@H](N)C(=O)N1[C@H](C)CCC[C@@H]1C. The number of piperidine rings is 1. The molecule has 16 heavy (non-hydrogen) atoms. The van der Waals surface area contributed by atoms with Crippen LogP contribution in [0.5, 0.6) is 0 Å². The summed E-state index contributed by atoms with van der Waals surface area (Å²) in [5.74, 6) is 0.419. The average Bonchev–Trinajstić information content (AvgIpc) is 2.26. The summed E-state index contributed by atoms with van der Waals surface area (Å²) in [4.78, 5) is 14.3. The van der Waals surface area contributed by atoms with E-state index in [1.54, 1.807) is 0 Å². The molecule has 1 heterocycles. The van der Waals surface area contributed by atoms with Crippen molar-refractivity contribution in [3.05, 3.63) is 0 Å². The van der Waals surface area contributed by atoms with Crippen molar-refractivity contribution >= 4 is 5.91 Å². The largest absolute Gasteiger partial charge is 0.336 e. The maximum Gasteiger partial charge on any atom is 0.240 e. The molecule has 1 rings (SSSR count). The number of nitrogens with zero attached hydrogens (tertiary/aromatic N) is 1. The molecule has 1 unspecified atom stereocenters. The smallest absolute Gasteiger partial charge is 0.240 e. The first-order valence-corrected chi connectivity index (χ1v) is 6.56. The number of hydrogen-bond donors (Lipinski definition) is 1. The minimum Gasteiger partial charge on any atom is -0.336 e. The molecule has 3 nitrogen and oxygen atoms in total. The van der Waals surface area contributed by atoms with Gasteiger partial charge >= 0.3 is 0 Å². The number of carbonyl (C=O) groups excluding carboxylic acids is 1. The molecule has 2 N–H and O–H groups in total. The zero-order chi connectivity index (χ0) is 12.3. The Labute approximate surface area is 99.4 Å². The molecule has 0 aromatic heterocycles. The average molecular weight is 226 g/mol. The van der Waals surface area contributed by atoms with E-state index in [9.17, 15) is 4.79 Å². The zero-order valence-corrected chi connectivity index (χ0v) is 11.1. The molecule has 1 saturated heterocycles. The van der Waals surface area contributed by atoms with Crippen molar-refractivity contribution in [3.63, 3.8) is 0 Å². The Bertz CT molecular complexity index is 232. The van der Waals surface area contributed by atoms with E-state index < -0.39 is 0 Å². The van der Waals surface area contributed by atoms with Crippen LogP contribution >= 0.6 is 0 Å². The lowest BCUT2D eigenvalue weighted by Crippen LogP contribution is -2.55. The van der Waals surface area contributed by atoms with Gasteiger partial charge in [0.1, 0.15) is 0 Å². The molecule has 0 spiro atoms. The standard InChI is InChI=1S/C13H26N2O/c1-5-9(2)12(14)13(16)15-10(3)7-6-8-11(15)4/h9-12H,5-8,14H2,1-4H3/t9?,10-,11+,12-/m0/s1. The topological polar surface area (TPSA) is 46.3 Å². The molecule has 0 aromatic rings. The fraction of sp³-hybridized carbons (Fsp3) is 0.923. The third kappa shape index (κ3) is 2.76. The second kappa shape index (κ2) is 5.67. The molecule has 1 fully saturated rings. The lowest BCUT2D eigenvalue weighted by Gasteiger charge is -2.41. The van der Waals surface area contributed by atoms with Gasteiger partial charge in [-0.1, -0.05) is 20.3 Å². The van der Waals surface area contributed by atoms with E-state index >= 15 is 0 Å². The van der Waals surface area contributed by atoms with Crippen molar-refractivity contribution in [1.29, 1.82) is 0 Å². The van der Waals surface area contributed by atoms with Gasteiger partial charge in [-0.25, -0.2) is 0 Å². The van der Waals surface area contributed by atoms with Gasteiger partial charge in [0.15, 0.2) is 0 Å². The quantitative estimate of drug-likeness (QED) is 0.801. The highest BCUT2D eigenvalue weighted by atomic mass is 16.2. The Kier molecular flexibility index (Phi) is 4.78. The summed E-state index contributed by atoms with van der Waals surface area (Å²) in [6, 6.07) is 0.380. The molecule has 3 heteroatoms. The summed E-state index contributed by atoms with van der Waals surface area (Å²) in [6.07, 6.45) is 4.42. The molecule has 4 atom stereocenters. The minimum absolute atomic E-state index is 0.147. The molecule has 0 aromatic carbocycles. The Morgan fingerprint density at radius 2 is 1.88 bits per heavy atom. The molecule has 1 aliphatic rings. The summed E-state index contributed by atoms with van der Waals surface area (Å²) in [5.41, 5.74) is 6.04. The van der Waals surface area contributed by atoms with Gasteiger partial charge in [0.05, 0.1) is 6.04 Å². The first kappa shape index (κ1) is 13.5. The molecule has 0 radical (unpaired) electrons. The maximum atomic E-state index is 12.3. The van der Waals surface area contributed by atoms with Crippen LogP contribution in [0.4, 0.5) is 0 Å². The first-order chi connectivity index (χ1) is 7.49. The van der Waals surface area contributed by atoms with Crippen molar-refractivity contribution in [1.82, 2.24) is 4.90 Å². The van der Waals surface area contributed by atoms with E-state index in [4.69, 9.17) is 5.73 Å². The van der Waals surface area contributed by atoms with Crippen LogP contribution < -0.4 is 5.73 Å². The van der Waals surface area contributed by atoms with Gasteiger partial charge in [0, 0.05) is 12.1 Å². The van der Waals surface area contributed by atoms with Crippen molar-refractivity contribution in [3.8, 4) is 0 Å². The Morgan fingerprint density at radius 1 is 1.38 bits per heavy atom. The molecular formula is C13H26N2O. The number of amides is 1. The highest BCUT2D eigenvalue weighted by Crippen LogP contribution is 2.24. The monoisotopic (exact) mass is 226 g/mol. The van der Waals surface area contributed by atoms with Gasteiger partial charge in [-0.2, -0.15) is 0 Å². The van der Waals surface area contributed by atoms with Gasteiger partial charge < -0.3 is 10.6 Å².